The molecular weight excluding hydrogens is 317 g/mol. The highest BCUT2D eigenvalue weighted by Crippen LogP contribution is 2.29. The van der Waals surface area contributed by atoms with E-state index >= 15 is 0 Å². The highest BCUT2D eigenvalue weighted by atomic mass is 32.2. The van der Waals surface area contributed by atoms with E-state index < -0.39 is 17.2 Å². The van der Waals surface area contributed by atoms with Crippen LogP contribution in [-0.4, -0.2) is 41.6 Å². The Kier molecular flexibility index (Phi) is 7.31. The number of alkyl carbamates (subject to hydrolysis) is 1. The second-order valence-corrected chi connectivity index (χ2v) is 7.61. The molecule has 0 spiro atoms. The number of halogens is 3. The van der Waals surface area contributed by atoms with Gasteiger partial charge in [0, 0.05) is 24.4 Å². The first-order valence-corrected chi connectivity index (χ1v) is 8.47. The molecule has 1 rings (SSSR count). The molecule has 0 heterocycles. The van der Waals surface area contributed by atoms with Crippen LogP contribution in [0.25, 0.3) is 0 Å². The largest absolute Gasteiger partial charge is 0.444 e. The third-order valence-electron chi connectivity index (χ3n) is 3.20. The SMILES string of the molecule is CC(C)(C)OC(=O)NC1CCCC(NCCSC(F)(F)F)C1. The molecule has 1 fully saturated rings. The number of nitrogens with one attached hydrogen (secondary N) is 2. The standard InChI is InChI=1S/C14H25F3N2O2S/c1-13(2,3)21-12(20)19-11-6-4-5-10(9-11)18-7-8-22-14(15,16)17/h10-11,18H,4-9H2,1-3H3,(H,19,20). The molecule has 0 aliphatic heterocycles. The van der Waals surface area contributed by atoms with Crippen molar-refractivity contribution in [3.05, 3.63) is 0 Å². The molecular formula is C14H25F3N2O2S. The summed E-state index contributed by atoms with van der Waals surface area (Å²) in [7, 11) is 0. The minimum Gasteiger partial charge on any atom is -0.444 e. The van der Waals surface area contributed by atoms with Gasteiger partial charge in [-0.1, -0.05) is 0 Å². The number of alkyl halides is 3. The minimum absolute atomic E-state index is 0.00413. The van der Waals surface area contributed by atoms with Crippen LogP contribution in [0, 0.1) is 0 Å². The van der Waals surface area contributed by atoms with E-state index in [0.29, 0.717) is 6.54 Å². The van der Waals surface area contributed by atoms with Crippen LogP contribution in [0.4, 0.5) is 18.0 Å². The van der Waals surface area contributed by atoms with Crippen LogP contribution in [0.15, 0.2) is 0 Å². The van der Waals surface area contributed by atoms with Crippen LogP contribution in [0.2, 0.25) is 0 Å². The summed E-state index contributed by atoms with van der Waals surface area (Å²) >= 11 is -0.0123. The van der Waals surface area contributed by atoms with Crippen molar-refractivity contribution >= 4 is 17.9 Å². The van der Waals surface area contributed by atoms with Crippen molar-refractivity contribution in [3.63, 3.8) is 0 Å². The number of rotatable bonds is 5. The lowest BCUT2D eigenvalue weighted by molar-refractivity contribution is -0.0327. The van der Waals surface area contributed by atoms with E-state index in [0.717, 1.165) is 25.7 Å². The third-order valence-corrected chi connectivity index (χ3v) is 3.93. The highest BCUT2D eigenvalue weighted by molar-refractivity contribution is 8.00. The van der Waals surface area contributed by atoms with E-state index in [1.54, 1.807) is 20.8 Å². The summed E-state index contributed by atoms with van der Waals surface area (Å²) in [6.07, 6.45) is 3.00. The summed E-state index contributed by atoms with van der Waals surface area (Å²) in [4.78, 5) is 11.7. The van der Waals surface area contributed by atoms with Gasteiger partial charge in [0.1, 0.15) is 5.60 Å². The molecule has 0 aromatic carbocycles. The molecule has 0 aromatic heterocycles. The quantitative estimate of drug-likeness (QED) is 0.749. The topological polar surface area (TPSA) is 50.4 Å². The molecule has 2 atom stereocenters. The second kappa shape index (κ2) is 8.29. The van der Waals surface area contributed by atoms with Crippen molar-refractivity contribution in [2.45, 2.75) is 69.6 Å². The average molecular weight is 342 g/mol. The Balaban J connectivity index is 2.25. The molecule has 0 saturated heterocycles. The van der Waals surface area contributed by atoms with Gasteiger partial charge >= 0.3 is 11.6 Å². The molecule has 1 saturated carbocycles. The van der Waals surface area contributed by atoms with E-state index in [9.17, 15) is 18.0 Å². The van der Waals surface area contributed by atoms with Crippen LogP contribution < -0.4 is 10.6 Å². The van der Waals surface area contributed by atoms with Crippen molar-refractivity contribution in [1.29, 1.82) is 0 Å². The van der Waals surface area contributed by atoms with Gasteiger partial charge in [-0.2, -0.15) is 13.2 Å². The first-order valence-electron chi connectivity index (χ1n) is 7.49. The van der Waals surface area contributed by atoms with Crippen molar-refractivity contribution in [1.82, 2.24) is 10.6 Å². The molecule has 1 aliphatic carbocycles. The Labute approximate surface area is 133 Å². The van der Waals surface area contributed by atoms with Gasteiger partial charge in [-0.15, -0.1) is 0 Å². The second-order valence-electron chi connectivity index (χ2n) is 6.46. The van der Waals surface area contributed by atoms with Gasteiger partial charge in [0.25, 0.3) is 0 Å². The van der Waals surface area contributed by atoms with Crippen LogP contribution in [0.3, 0.4) is 0 Å². The Morgan fingerprint density at radius 3 is 2.45 bits per heavy atom. The van der Waals surface area contributed by atoms with Crippen LogP contribution in [0.1, 0.15) is 46.5 Å². The average Bonchev–Trinajstić information content (AvgIpc) is 2.31. The lowest BCUT2D eigenvalue weighted by Gasteiger charge is -2.31. The number of hydrogen-bond acceptors (Lipinski definition) is 4. The number of carbonyl (C=O) groups is 1. The molecule has 1 aliphatic rings. The van der Waals surface area contributed by atoms with Crippen molar-refractivity contribution < 1.29 is 22.7 Å². The van der Waals surface area contributed by atoms with E-state index in [1.807, 2.05) is 0 Å². The van der Waals surface area contributed by atoms with Gasteiger partial charge in [-0.25, -0.2) is 4.79 Å². The maximum absolute atomic E-state index is 12.0. The Morgan fingerprint density at radius 1 is 1.23 bits per heavy atom. The molecule has 1 amide bonds. The van der Waals surface area contributed by atoms with Gasteiger partial charge in [0.05, 0.1) is 0 Å². The number of thioether (sulfide) groups is 1. The summed E-state index contributed by atoms with van der Waals surface area (Å²) in [5.41, 5.74) is -4.71. The summed E-state index contributed by atoms with van der Waals surface area (Å²) in [6.45, 7) is 5.72. The van der Waals surface area contributed by atoms with Crippen LogP contribution >= 0.6 is 11.8 Å². The smallest absolute Gasteiger partial charge is 0.441 e. The summed E-state index contributed by atoms with van der Waals surface area (Å²) in [5, 5.41) is 5.97. The molecule has 0 aromatic rings. The molecule has 2 N–H and O–H groups in total. The lowest BCUT2D eigenvalue weighted by Crippen LogP contribution is -2.46. The van der Waals surface area contributed by atoms with E-state index in [-0.39, 0.29) is 29.6 Å². The van der Waals surface area contributed by atoms with Gasteiger partial charge in [-0.3, -0.25) is 0 Å². The molecule has 0 radical (unpaired) electrons. The Hall–Kier alpha value is -0.630. The zero-order valence-corrected chi connectivity index (χ0v) is 14.1. The molecule has 2 unspecified atom stereocenters. The molecule has 8 heteroatoms. The first-order chi connectivity index (χ1) is 10.1. The molecule has 130 valence electrons. The van der Waals surface area contributed by atoms with Crippen molar-refractivity contribution in [2.24, 2.45) is 0 Å². The minimum atomic E-state index is -4.17. The molecule has 22 heavy (non-hydrogen) atoms. The monoisotopic (exact) mass is 342 g/mol. The van der Waals surface area contributed by atoms with Crippen molar-refractivity contribution in [3.8, 4) is 0 Å². The Morgan fingerprint density at radius 2 is 1.86 bits per heavy atom. The normalized spacial score (nSPS) is 23.2. The maximum atomic E-state index is 12.0. The van der Waals surface area contributed by atoms with E-state index in [2.05, 4.69) is 10.6 Å². The number of ether oxygens (including phenoxy) is 1. The van der Waals surface area contributed by atoms with E-state index in [1.165, 1.54) is 0 Å². The predicted molar refractivity (Wildman–Crippen MR) is 81.9 cm³/mol. The summed E-state index contributed by atoms with van der Waals surface area (Å²) in [6, 6.07) is 0.152. The fraction of sp³-hybridized carbons (Fsp3) is 0.929. The number of hydrogen-bond donors (Lipinski definition) is 2. The fourth-order valence-corrected chi connectivity index (χ4v) is 2.86. The number of carbonyl (C=O) groups excluding carboxylic acids is 1. The zero-order chi connectivity index (χ0) is 16.8. The van der Waals surface area contributed by atoms with Crippen molar-refractivity contribution in [2.75, 3.05) is 12.3 Å². The number of amides is 1. The van der Waals surface area contributed by atoms with Gasteiger partial charge in [0.2, 0.25) is 0 Å². The van der Waals surface area contributed by atoms with Gasteiger partial charge in [-0.05, 0) is 58.2 Å². The van der Waals surface area contributed by atoms with E-state index in [4.69, 9.17) is 4.74 Å². The van der Waals surface area contributed by atoms with Crippen LogP contribution in [0.5, 0.6) is 0 Å². The summed E-state index contributed by atoms with van der Waals surface area (Å²) in [5.74, 6) is 0.00413. The first kappa shape index (κ1) is 19.4. The zero-order valence-electron chi connectivity index (χ0n) is 13.3. The maximum Gasteiger partial charge on any atom is 0.441 e. The fourth-order valence-electron chi connectivity index (χ4n) is 2.41. The third kappa shape index (κ3) is 9.40. The summed E-state index contributed by atoms with van der Waals surface area (Å²) < 4.78 is 41.3. The Bertz CT molecular complexity index is 359. The van der Waals surface area contributed by atoms with Gasteiger partial charge in [0.15, 0.2) is 0 Å². The molecule has 0 bridgehead atoms. The highest BCUT2D eigenvalue weighted by Gasteiger charge is 2.28. The lowest BCUT2D eigenvalue weighted by atomic mass is 9.91. The predicted octanol–water partition coefficient (Wildman–Crippen LogP) is 3.66. The van der Waals surface area contributed by atoms with Crippen LogP contribution in [-0.2, 0) is 4.74 Å². The molecule has 4 nitrogen and oxygen atoms in total. The van der Waals surface area contributed by atoms with Gasteiger partial charge < -0.3 is 15.4 Å².